The van der Waals surface area contributed by atoms with Crippen LogP contribution in [0.25, 0.3) is 104 Å². The molecule has 0 spiro atoms. The summed E-state index contributed by atoms with van der Waals surface area (Å²) in [6.07, 6.45) is 0. The summed E-state index contributed by atoms with van der Waals surface area (Å²) in [6.45, 7) is 0. The molecule has 6 heteroatoms. The van der Waals surface area contributed by atoms with Gasteiger partial charge < -0.3 is 8.98 Å². The quantitative estimate of drug-likeness (QED) is 0.187. The number of para-hydroxylation sites is 2. The Labute approximate surface area is 295 Å². The van der Waals surface area contributed by atoms with E-state index < -0.39 is 0 Å². The number of nitrogens with zero attached hydrogens (tertiary/aromatic N) is 4. The van der Waals surface area contributed by atoms with Crippen molar-refractivity contribution in [2.75, 3.05) is 0 Å². The van der Waals surface area contributed by atoms with Crippen molar-refractivity contribution >= 4 is 75.3 Å². The largest absolute Gasteiger partial charge is 0.456 e. The van der Waals surface area contributed by atoms with Gasteiger partial charge in [-0.3, -0.25) is 0 Å². The van der Waals surface area contributed by atoms with Gasteiger partial charge in [-0.25, -0.2) is 15.0 Å². The first-order valence-corrected chi connectivity index (χ1v) is 17.8. The highest BCUT2D eigenvalue weighted by molar-refractivity contribution is 7.26. The lowest BCUT2D eigenvalue weighted by Crippen LogP contribution is -2.00. The number of rotatable bonds is 4. The molecule has 4 heterocycles. The smallest absolute Gasteiger partial charge is 0.165 e. The summed E-state index contributed by atoms with van der Waals surface area (Å²) < 4.78 is 11.3. The van der Waals surface area contributed by atoms with E-state index in [2.05, 4.69) is 102 Å². The van der Waals surface area contributed by atoms with Crippen molar-refractivity contribution in [1.29, 1.82) is 0 Å². The number of hydrogen-bond acceptors (Lipinski definition) is 5. The lowest BCUT2D eigenvalue weighted by molar-refractivity contribution is 0.669. The highest BCUT2D eigenvalue weighted by Gasteiger charge is 2.20. The van der Waals surface area contributed by atoms with E-state index in [9.17, 15) is 0 Å². The Kier molecular flexibility index (Phi) is 6.05. The van der Waals surface area contributed by atoms with E-state index in [1.165, 1.54) is 31.9 Å². The van der Waals surface area contributed by atoms with Gasteiger partial charge in [0.1, 0.15) is 11.2 Å². The van der Waals surface area contributed by atoms with Crippen molar-refractivity contribution in [3.8, 4) is 39.9 Å². The van der Waals surface area contributed by atoms with Crippen molar-refractivity contribution in [3.05, 3.63) is 158 Å². The van der Waals surface area contributed by atoms with Gasteiger partial charge >= 0.3 is 0 Å². The number of fused-ring (bicyclic) bond motifs is 10. The summed E-state index contributed by atoms with van der Waals surface area (Å²) in [5.41, 5.74) is 8.06. The highest BCUT2D eigenvalue weighted by atomic mass is 32.1. The summed E-state index contributed by atoms with van der Waals surface area (Å²) in [7, 11) is 0. The summed E-state index contributed by atoms with van der Waals surface area (Å²) in [4.78, 5) is 15.0. The summed E-state index contributed by atoms with van der Waals surface area (Å²) in [6, 6.07) is 54.8. The Morgan fingerprint density at radius 1 is 0.451 bits per heavy atom. The molecule has 0 amide bonds. The molecule has 0 radical (unpaired) electrons. The molecule has 4 aromatic heterocycles. The van der Waals surface area contributed by atoms with Crippen LogP contribution in [0.15, 0.2) is 162 Å². The van der Waals surface area contributed by atoms with E-state index >= 15 is 0 Å². The molecule has 0 unspecified atom stereocenters. The highest BCUT2D eigenvalue weighted by Crippen LogP contribution is 2.45. The predicted molar refractivity (Wildman–Crippen MR) is 211 cm³/mol. The van der Waals surface area contributed by atoms with E-state index in [1.54, 1.807) is 11.3 Å². The minimum atomic E-state index is 0.653. The zero-order chi connectivity index (χ0) is 33.5. The van der Waals surface area contributed by atoms with E-state index in [0.29, 0.717) is 17.5 Å². The second kappa shape index (κ2) is 10.9. The molecule has 11 aromatic rings. The van der Waals surface area contributed by atoms with Crippen molar-refractivity contribution in [2.45, 2.75) is 0 Å². The van der Waals surface area contributed by atoms with E-state index in [4.69, 9.17) is 19.4 Å². The molecule has 0 aliphatic carbocycles. The number of hydrogen-bond donors (Lipinski definition) is 0. The molecule has 7 aromatic carbocycles. The molecule has 0 saturated carbocycles. The number of thiophene rings is 1. The van der Waals surface area contributed by atoms with Gasteiger partial charge in [-0.1, -0.05) is 109 Å². The Balaban J connectivity index is 1.12. The summed E-state index contributed by atoms with van der Waals surface area (Å²) in [5, 5.41) is 7.07. The van der Waals surface area contributed by atoms with Gasteiger partial charge in [-0.2, -0.15) is 0 Å². The molecule has 5 nitrogen and oxygen atoms in total. The molecule has 0 aliphatic heterocycles. The first kappa shape index (κ1) is 28.2. The van der Waals surface area contributed by atoms with Gasteiger partial charge in [0, 0.05) is 70.2 Å². The van der Waals surface area contributed by atoms with Crippen LogP contribution in [-0.2, 0) is 0 Å². The standard InChI is InChI=1S/C45H26N4OS/c1-3-12-27(13-4-1)43-46-44(28-14-5-2-6-15-28)48-45(47-43)34-19-11-18-33-41-39(51-42(33)34)25-24-37-40(41)32-23-22-29(26-38(32)50-37)49-35-20-9-7-16-30(35)31-17-8-10-21-36(31)49/h1-26H. The van der Waals surface area contributed by atoms with E-state index in [-0.39, 0.29) is 0 Å². The van der Waals surface area contributed by atoms with Crippen LogP contribution < -0.4 is 0 Å². The van der Waals surface area contributed by atoms with Crippen LogP contribution in [0.1, 0.15) is 0 Å². The maximum atomic E-state index is 6.64. The second-order valence-corrected chi connectivity index (χ2v) is 13.8. The summed E-state index contributed by atoms with van der Waals surface area (Å²) in [5.74, 6) is 1.96. The van der Waals surface area contributed by atoms with Gasteiger partial charge in [0.25, 0.3) is 0 Å². The lowest BCUT2D eigenvalue weighted by atomic mass is 10.0. The zero-order valence-corrected chi connectivity index (χ0v) is 27.9. The minimum absolute atomic E-state index is 0.653. The van der Waals surface area contributed by atoms with Gasteiger partial charge in [-0.05, 0) is 42.5 Å². The van der Waals surface area contributed by atoms with Crippen LogP contribution in [0, 0.1) is 0 Å². The van der Waals surface area contributed by atoms with Crippen molar-refractivity contribution < 1.29 is 4.42 Å². The molecule has 238 valence electrons. The normalized spacial score (nSPS) is 11.9. The SMILES string of the molecule is c1ccc(-c2nc(-c3ccccc3)nc(-c3cccc4c3sc3ccc5oc6cc(-n7c8ccccc8c8ccccc87)ccc6c5c34)n2)cc1. The fourth-order valence-corrected chi connectivity index (χ4v) is 8.81. The third-order valence-corrected chi connectivity index (χ3v) is 11.1. The maximum absolute atomic E-state index is 6.64. The summed E-state index contributed by atoms with van der Waals surface area (Å²) >= 11 is 1.77. The number of benzene rings is 7. The third-order valence-electron chi connectivity index (χ3n) is 9.86. The van der Waals surface area contributed by atoms with Crippen LogP contribution in [0.4, 0.5) is 0 Å². The number of furan rings is 1. The molecular formula is C45H26N4OS. The Hall–Kier alpha value is -6.63. The number of aromatic nitrogens is 4. The van der Waals surface area contributed by atoms with Crippen molar-refractivity contribution in [1.82, 2.24) is 19.5 Å². The molecule has 0 bridgehead atoms. The minimum Gasteiger partial charge on any atom is -0.456 e. The molecule has 11 rings (SSSR count). The molecule has 0 fully saturated rings. The predicted octanol–water partition coefficient (Wildman–Crippen LogP) is 12.2. The Morgan fingerprint density at radius 2 is 1.06 bits per heavy atom. The van der Waals surface area contributed by atoms with Crippen LogP contribution >= 0.6 is 11.3 Å². The van der Waals surface area contributed by atoms with Gasteiger partial charge in [-0.15, -0.1) is 11.3 Å². The molecular weight excluding hydrogens is 645 g/mol. The maximum Gasteiger partial charge on any atom is 0.165 e. The fraction of sp³-hybridized carbons (Fsp3) is 0. The lowest BCUT2D eigenvalue weighted by Gasteiger charge is -2.09. The van der Waals surface area contributed by atoms with Gasteiger partial charge in [0.05, 0.1) is 11.0 Å². The van der Waals surface area contributed by atoms with Crippen molar-refractivity contribution in [2.24, 2.45) is 0 Å². The average Bonchev–Trinajstić information content (AvgIpc) is 3.87. The first-order valence-electron chi connectivity index (χ1n) is 16.9. The average molecular weight is 671 g/mol. The third kappa shape index (κ3) is 4.30. The fourth-order valence-electron chi connectivity index (χ4n) is 7.59. The molecule has 51 heavy (non-hydrogen) atoms. The molecule has 0 aliphatic rings. The topological polar surface area (TPSA) is 56.7 Å². The van der Waals surface area contributed by atoms with Crippen molar-refractivity contribution in [3.63, 3.8) is 0 Å². The second-order valence-electron chi connectivity index (χ2n) is 12.8. The Bertz CT molecular complexity index is 3030. The molecule has 0 saturated heterocycles. The van der Waals surface area contributed by atoms with Crippen LogP contribution in [0.2, 0.25) is 0 Å². The van der Waals surface area contributed by atoms with Gasteiger partial charge in [0.15, 0.2) is 17.5 Å². The Morgan fingerprint density at radius 3 is 1.75 bits per heavy atom. The molecule has 0 atom stereocenters. The molecule has 0 N–H and O–H groups in total. The van der Waals surface area contributed by atoms with Gasteiger partial charge in [0.2, 0.25) is 0 Å². The van der Waals surface area contributed by atoms with Crippen LogP contribution in [0.3, 0.4) is 0 Å². The van der Waals surface area contributed by atoms with Crippen LogP contribution in [-0.4, -0.2) is 19.5 Å². The van der Waals surface area contributed by atoms with E-state index in [1.807, 2.05) is 60.7 Å². The van der Waals surface area contributed by atoms with E-state index in [0.717, 1.165) is 54.4 Å². The van der Waals surface area contributed by atoms with Crippen LogP contribution in [0.5, 0.6) is 0 Å². The first-order chi connectivity index (χ1) is 25.3. The zero-order valence-electron chi connectivity index (χ0n) is 27.1. The monoisotopic (exact) mass is 670 g/mol.